The summed E-state index contributed by atoms with van der Waals surface area (Å²) in [4.78, 5) is 23.1. The van der Waals surface area contributed by atoms with Gasteiger partial charge in [-0.25, -0.2) is 4.98 Å². The first-order valence-electron chi connectivity index (χ1n) is 11.1. The van der Waals surface area contributed by atoms with Crippen LogP contribution in [0.2, 0.25) is 0 Å². The summed E-state index contributed by atoms with van der Waals surface area (Å²) in [5.74, 6) is 0.743. The van der Waals surface area contributed by atoms with Crippen LogP contribution in [0.3, 0.4) is 0 Å². The van der Waals surface area contributed by atoms with Crippen LogP contribution in [0.1, 0.15) is 55.3 Å². The zero-order chi connectivity index (χ0) is 23.8. The summed E-state index contributed by atoms with van der Waals surface area (Å²) >= 11 is 0. The summed E-state index contributed by atoms with van der Waals surface area (Å²) in [6, 6.07) is 6.12. The van der Waals surface area contributed by atoms with Gasteiger partial charge in [-0.2, -0.15) is 13.2 Å². The van der Waals surface area contributed by atoms with Crippen molar-refractivity contribution in [2.45, 2.75) is 50.7 Å². The molecule has 0 bridgehead atoms. The average Bonchev–Trinajstić information content (AvgIpc) is 3.55. The molecule has 4 rings (SSSR count). The quantitative estimate of drug-likeness (QED) is 0.674. The molecule has 2 atom stereocenters. The molecule has 2 aromatic heterocycles. The van der Waals surface area contributed by atoms with E-state index in [1.165, 1.54) is 12.3 Å². The lowest BCUT2D eigenvalue weighted by Crippen LogP contribution is -2.48. The normalized spacial score (nSPS) is 21.8. The van der Waals surface area contributed by atoms with Crippen molar-refractivity contribution in [3.63, 3.8) is 0 Å². The minimum absolute atomic E-state index is 0.150. The first-order chi connectivity index (χ1) is 15.5. The van der Waals surface area contributed by atoms with E-state index in [2.05, 4.69) is 15.3 Å². The number of halogens is 3. The van der Waals surface area contributed by atoms with Gasteiger partial charge in [0.25, 0.3) is 0 Å². The number of ether oxygens (including phenoxy) is 1. The number of amides is 1. The molecule has 0 unspecified atom stereocenters. The third kappa shape index (κ3) is 5.46. The number of likely N-dealkylation sites (tertiary alicyclic amines) is 1. The van der Waals surface area contributed by atoms with Gasteiger partial charge in [0.15, 0.2) is 0 Å². The molecule has 2 aliphatic rings. The SMILES string of the molecule is CN1C[C@H](NC(=O)C(C)(C)COc2ncccc2C2CC2)[C@@H](c2ccc(C(F)(F)F)nc2)C1. The van der Waals surface area contributed by atoms with E-state index in [1.54, 1.807) is 6.20 Å². The molecule has 2 aromatic rings. The molecule has 1 aliphatic heterocycles. The predicted molar refractivity (Wildman–Crippen MR) is 117 cm³/mol. The second kappa shape index (κ2) is 8.93. The molecule has 1 N–H and O–H groups in total. The molecule has 3 heterocycles. The molecular formula is C24H29F3N4O2. The fourth-order valence-corrected chi connectivity index (χ4v) is 4.18. The minimum Gasteiger partial charge on any atom is -0.476 e. The zero-order valence-corrected chi connectivity index (χ0v) is 19.0. The van der Waals surface area contributed by atoms with Gasteiger partial charge in [-0.05, 0) is 57.4 Å². The Labute approximate surface area is 191 Å². The highest BCUT2D eigenvalue weighted by Crippen LogP contribution is 2.43. The van der Waals surface area contributed by atoms with Gasteiger partial charge in [0.1, 0.15) is 12.3 Å². The fraction of sp³-hybridized carbons (Fsp3) is 0.542. The van der Waals surface area contributed by atoms with Gasteiger partial charge in [-0.15, -0.1) is 0 Å². The summed E-state index contributed by atoms with van der Waals surface area (Å²) in [7, 11) is 1.92. The van der Waals surface area contributed by atoms with E-state index in [4.69, 9.17) is 4.74 Å². The van der Waals surface area contributed by atoms with E-state index in [1.807, 2.05) is 37.9 Å². The van der Waals surface area contributed by atoms with Gasteiger partial charge in [-0.3, -0.25) is 9.78 Å². The van der Waals surface area contributed by atoms with Crippen molar-refractivity contribution >= 4 is 5.91 Å². The standard InChI is InChI=1S/C24H29F3N4O2/c1-23(2,14-33-21-17(15-6-7-15)5-4-10-28-21)22(32)30-19-13-31(3)12-18(19)16-8-9-20(29-11-16)24(25,26)27/h4-5,8-11,15,18-19H,6-7,12-14H2,1-3H3,(H,30,32)/t18-,19+/m1/s1. The molecule has 2 fully saturated rings. The number of nitrogens with one attached hydrogen (secondary N) is 1. The van der Waals surface area contributed by atoms with Gasteiger partial charge in [0.2, 0.25) is 11.8 Å². The summed E-state index contributed by atoms with van der Waals surface area (Å²) in [6.45, 7) is 5.02. The van der Waals surface area contributed by atoms with Crippen LogP contribution in [0.5, 0.6) is 5.88 Å². The monoisotopic (exact) mass is 462 g/mol. The molecule has 1 saturated carbocycles. The van der Waals surface area contributed by atoms with Gasteiger partial charge in [0.05, 0.1) is 5.41 Å². The summed E-state index contributed by atoms with van der Waals surface area (Å²) in [5.41, 5.74) is 0.0226. The molecule has 178 valence electrons. The molecule has 6 nitrogen and oxygen atoms in total. The van der Waals surface area contributed by atoms with Crippen LogP contribution in [-0.4, -0.2) is 53.6 Å². The van der Waals surface area contributed by atoms with Crippen molar-refractivity contribution in [3.05, 3.63) is 53.5 Å². The Morgan fingerprint density at radius 3 is 2.58 bits per heavy atom. The maximum absolute atomic E-state index is 13.1. The summed E-state index contributed by atoms with van der Waals surface area (Å²) < 4.78 is 44.6. The van der Waals surface area contributed by atoms with Crippen molar-refractivity contribution in [2.75, 3.05) is 26.7 Å². The number of pyridine rings is 2. The smallest absolute Gasteiger partial charge is 0.433 e. The van der Waals surface area contributed by atoms with E-state index in [0.29, 0.717) is 30.5 Å². The third-order valence-electron chi connectivity index (χ3n) is 6.33. The molecule has 0 aromatic carbocycles. The summed E-state index contributed by atoms with van der Waals surface area (Å²) in [5, 5.41) is 3.10. The number of nitrogens with zero attached hydrogens (tertiary/aromatic N) is 3. The molecular weight excluding hydrogens is 433 g/mol. The molecule has 1 amide bonds. The lowest BCUT2D eigenvalue weighted by atomic mass is 9.90. The Hall–Kier alpha value is -2.68. The zero-order valence-electron chi connectivity index (χ0n) is 19.0. The van der Waals surface area contributed by atoms with E-state index >= 15 is 0 Å². The topological polar surface area (TPSA) is 67.4 Å². The Morgan fingerprint density at radius 1 is 1.18 bits per heavy atom. The van der Waals surface area contributed by atoms with Gasteiger partial charge < -0.3 is 15.0 Å². The van der Waals surface area contributed by atoms with Gasteiger partial charge >= 0.3 is 6.18 Å². The average molecular weight is 463 g/mol. The van der Waals surface area contributed by atoms with E-state index in [0.717, 1.165) is 24.5 Å². The van der Waals surface area contributed by atoms with Crippen LogP contribution in [-0.2, 0) is 11.0 Å². The number of hydrogen-bond donors (Lipinski definition) is 1. The Balaban J connectivity index is 1.41. The predicted octanol–water partition coefficient (Wildman–Crippen LogP) is 3.99. The van der Waals surface area contributed by atoms with Crippen molar-refractivity contribution in [1.82, 2.24) is 20.2 Å². The Bertz CT molecular complexity index is 990. The van der Waals surface area contributed by atoms with Gasteiger partial charge in [0, 0.05) is 43.0 Å². The first kappa shape index (κ1) is 23.5. The minimum atomic E-state index is -4.48. The van der Waals surface area contributed by atoms with Crippen molar-refractivity contribution in [3.8, 4) is 5.88 Å². The molecule has 0 spiro atoms. The van der Waals surface area contributed by atoms with Crippen molar-refractivity contribution < 1.29 is 22.7 Å². The Kier molecular flexibility index (Phi) is 6.35. The van der Waals surface area contributed by atoms with Crippen molar-refractivity contribution in [2.24, 2.45) is 5.41 Å². The number of likely N-dealkylation sites (N-methyl/N-ethyl adjacent to an activating group) is 1. The highest BCUT2D eigenvalue weighted by Gasteiger charge is 2.38. The highest BCUT2D eigenvalue weighted by atomic mass is 19.4. The maximum atomic E-state index is 13.1. The number of hydrogen-bond acceptors (Lipinski definition) is 5. The summed E-state index contributed by atoms with van der Waals surface area (Å²) in [6.07, 6.45) is 0.726. The maximum Gasteiger partial charge on any atom is 0.433 e. The van der Waals surface area contributed by atoms with Crippen LogP contribution in [0.25, 0.3) is 0 Å². The van der Waals surface area contributed by atoms with E-state index in [9.17, 15) is 18.0 Å². The largest absolute Gasteiger partial charge is 0.476 e. The van der Waals surface area contributed by atoms with Crippen molar-refractivity contribution in [1.29, 1.82) is 0 Å². The van der Waals surface area contributed by atoms with E-state index < -0.39 is 17.3 Å². The fourth-order valence-electron chi connectivity index (χ4n) is 4.18. The third-order valence-corrected chi connectivity index (χ3v) is 6.33. The molecule has 33 heavy (non-hydrogen) atoms. The number of alkyl halides is 3. The molecule has 9 heteroatoms. The van der Waals surface area contributed by atoms with Crippen LogP contribution < -0.4 is 10.1 Å². The number of carbonyl (C=O) groups excluding carboxylic acids is 1. The highest BCUT2D eigenvalue weighted by molar-refractivity contribution is 5.82. The van der Waals surface area contributed by atoms with Crippen LogP contribution >= 0.6 is 0 Å². The number of aromatic nitrogens is 2. The van der Waals surface area contributed by atoms with Crippen LogP contribution in [0.15, 0.2) is 36.7 Å². The molecule has 0 radical (unpaired) electrons. The van der Waals surface area contributed by atoms with Crippen LogP contribution in [0, 0.1) is 5.41 Å². The number of carbonyl (C=O) groups is 1. The second-order valence-corrected chi connectivity index (χ2v) is 9.73. The van der Waals surface area contributed by atoms with Gasteiger partial charge in [-0.1, -0.05) is 12.1 Å². The van der Waals surface area contributed by atoms with E-state index in [-0.39, 0.29) is 24.5 Å². The second-order valence-electron chi connectivity index (χ2n) is 9.73. The van der Waals surface area contributed by atoms with Crippen LogP contribution in [0.4, 0.5) is 13.2 Å². The Morgan fingerprint density at radius 2 is 1.94 bits per heavy atom. The molecule has 1 saturated heterocycles. The lowest BCUT2D eigenvalue weighted by Gasteiger charge is -2.28. The first-order valence-corrected chi connectivity index (χ1v) is 11.1. The lowest BCUT2D eigenvalue weighted by molar-refractivity contribution is -0.141. The molecule has 1 aliphatic carbocycles. The number of rotatable bonds is 7.